The van der Waals surface area contributed by atoms with Crippen LogP contribution in [-0.2, 0) is 32.3 Å². The number of para-hydroxylation sites is 2. The van der Waals surface area contributed by atoms with Gasteiger partial charge in [0.2, 0.25) is 27.7 Å². The monoisotopic (exact) mass is 486 g/mol. The second kappa shape index (κ2) is 9.05. The Labute approximate surface area is 189 Å². The molecule has 0 aliphatic carbocycles. The number of sulfonamides is 1. The van der Waals surface area contributed by atoms with Crippen molar-refractivity contribution in [3.05, 3.63) is 30.1 Å². The van der Waals surface area contributed by atoms with Crippen LogP contribution < -0.4 is 0 Å². The van der Waals surface area contributed by atoms with Gasteiger partial charge in [-0.2, -0.15) is 13.2 Å². The van der Waals surface area contributed by atoms with E-state index in [1.165, 1.54) is 14.9 Å². The highest BCUT2D eigenvalue weighted by Gasteiger charge is 2.38. The van der Waals surface area contributed by atoms with Gasteiger partial charge >= 0.3 is 6.18 Å². The topological polar surface area (TPSA) is 92.6 Å². The molecule has 2 fully saturated rings. The zero-order valence-corrected chi connectivity index (χ0v) is 18.7. The number of aromatic nitrogens is 2. The summed E-state index contributed by atoms with van der Waals surface area (Å²) in [6, 6.07) is 6.43. The predicted octanol–water partition coefficient (Wildman–Crippen LogP) is 2.64. The van der Waals surface area contributed by atoms with Crippen molar-refractivity contribution in [2.75, 3.05) is 25.4 Å². The summed E-state index contributed by atoms with van der Waals surface area (Å²) in [6.07, 6.45) is -2.82. The van der Waals surface area contributed by atoms with E-state index in [2.05, 4.69) is 4.98 Å². The number of nitrogens with zero attached hydrogens (tertiary/aromatic N) is 4. The Kier molecular flexibility index (Phi) is 6.50. The fourth-order valence-corrected chi connectivity index (χ4v) is 5.93. The van der Waals surface area contributed by atoms with Crippen molar-refractivity contribution < 1.29 is 31.2 Å². The van der Waals surface area contributed by atoms with Crippen LogP contribution in [0.3, 0.4) is 0 Å². The minimum Gasteiger partial charge on any atom is -0.320 e. The highest BCUT2D eigenvalue weighted by atomic mass is 32.2. The van der Waals surface area contributed by atoms with Gasteiger partial charge in [-0.3, -0.25) is 14.5 Å². The zero-order chi connectivity index (χ0) is 23.8. The SMILES string of the molecule is O=C1CCCC(=O)N1CCS(=O)(=O)N1CCC(Cn2c(C(F)(F)F)nc3ccccc32)CC1. The van der Waals surface area contributed by atoms with E-state index in [0.717, 1.165) is 4.90 Å². The minimum absolute atomic E-state index is 0.0972. The summed E-state index contributed by atoms with van der Waals surface area (Å²) in [5.41, 5.74) is 0.669. The molecule has 180 valence electrons. The molecule has 33 heavy (non-hydrogen) atoms. The Morgan fingerprint density at radius 1 is 1.03 bits per heavy atom. The molecule has 1 aromatic heterocycles. The molecule has 4 rings (SSSR count). The molecule has 0 bridgehead atoms. The number of likely N-dealkylation sites (tertiary alicyclic amines) is 1. The van der Waals surface area contributed by atoms with Gasteiger partial charge in [0.25, 0.3) is 0 Å². The third-order valence-electron chi connectivity index (χ3n) is 6.27. The Balaban J connectivity index is 1.39. The first-order valence-electron chi connectivity index (χ1n) is 10.9. The number of alkyl halides is 3. The van der Waals surface area contributed by atoms with Crippen molar-refractivity contribution in [3.63, 3.8) is 0 Å². The number of rotatable bonds is 6. The van der Waals surface area contributed by atoms with Gasteiger partial charge < -0.3 is 4.57 Å². The standard InChI is InChI=1S/C21H25F3N4O4S/c22-21(23,24)20-25-16-4-1-2-5-17(16)28(20)14-15-8-10-26(11-9-15)33(31,32)13-12-27-18(29)6-3-7-19(27)30/h1-2,4-5,15H,3,6-14H2. The number of hydrogen-bond donors (Lipinski definition) is 0. The maximum atomic E-state index is 13.5. The zero-order valence-electron chi connectivity index (χ0n) is 17.9. The summed E-state index contributed by atoms with van der Waals surface area (Å²) in [6.45, 7) is 0.293. The first kappa shape index (κ1) is 23.7. The second-order valence-corrected chi connectivity index (χ2v) is 10.6. The van der Waals surface area contributed by atoms with Crippen LogP contribution in [0.5, 0.6) is 0 Å². The van der Waals surface area contributed by atoms with Gasteiger partial charge in [-0.15, -0.1) is 0 Å². The highest BCUT2D eigenvalue weighted by Crippen LogP contribution is 2.33. The smallest absolute Gasteiger partial charge is 0.320 e. The molecule has 1 aromatic carbocycles. The molecule has 0 saturated carbocycles. The first-order chi connectivity index (χ1) is 15.6. The highest BCUT2D eigenvalue weighted by molar-refractivity contribution is 7.89. The molecule has 2 aliphatic rings. The Hall–Kier alpha value is -2.47. The number of imidazole rings is 1. The van der Waals surface area contributed by atoms with Gasteiger partial charge in [0.05, 0.1) is 16.8 Å². The van der Waals surface area contributed by atoms with Crippen LogP contribution in [0.25, 0.3) is 11.0 Å². The molecule has 8 nitrogen and oxygen atoms in total. The second-order valence-electron chi connectivity index (χ2n) is 8.48. The number of imide groups is 1. The number of benzene rings is 1. The van der Waals surface area contributed by atoms with E-state index >= 15 is 0 Å². The van der Waals surface area contributed by atoms with Gasteiger partial charge in [-0.25, -0.2) is 17.7 Å². The fourth-order valence-electron chi connectivity index (χ4n) is 4.49. The summed E-state index contributed by atoms with van der Waals surface area (Å²) >= 11 is 0. The van der Waals surface area contributed by atoms with E-state index in [1.807, 2.05) is 0 Å². The molecule has 0 N–H and O–H groups in total. The predicted molar refractivity (Wildman–Crippen MR) is 113 cm³/mol. The lowest BCUT2D eigenvalue weighted by Gasteiger charge is -2.32. The van der Waals surface area contributed by atoms with E-state index in [9.17, 15) is 31.2 Å². The van der Waals surface area contributed by atoms with Crippen molar-refractivity contribution in [1.82, 2.24) is 18.8 Å². The lowest BCUT2D eigenvalue weighted by Crippen LogP contribution is -2.46. The lowest BCUT2D eigenvalue weighted by molar-refractivity contribution is -0.148. The minimum atomic E-state index is -4.59. The van der Waals surface area contributed by atoms with Crippen molar-refractivity contribution in [2.45, 2.75) is 44.8 Å². The summed E-state index contributed by atoms with van der Waals surface area (Å²) in [4.78, 5) is 28.6. The number of halogens is 3. The molecule has 0 atom stereocenters. The van der Waals surface area contributed by atoms with Gasteiger partial charge in [0, 0.05) is 39.0 Å². The van der Waals surface area contributed by atoms with Crippen LogP contribution in [0, 0.1) is 5.92 Å². The molecule has 0 unspecified atom stereocenters. The summed E-state index contributed by atoms with van der Waals surface area (Å²) in [5, 5.41) is 0. The van der Waals surface area contributed by atoms with Crippen LogP contribution in [0.4, 0.5) is 13.2 Å². The Bertz CT molecular complexity index is 1140. The van der Waals surface area contributed by atoms with Gasteiger partial charge in [-0.1, -0.05) is 12.1 Å². The molecule has 0 radical (unpaired) electrons. The normalized spacial score (nSPS) is 19.5. The van der Waals surface area contributed by atoms with E-state index in [4.69, 9.17) is 0 Å². The van der Waals surface area contributed by atoms with Crippen molar-refractivity contribution in [3.8, 4) is 0 Å². The number of hydrogen-bond acceptors (Lipinski definition) is 5. The molecule has 2 aliphatic heterocycles. The Morgan fingerprint density at radius 3 is 2.30 bits per heavy atom. The van der Waals surface area contributed by atoms with E-state index in [-0.39, 0.29) is 68.0 Å². The van der Waals surface area contributed by atoms with Crippen LogP contribution >= 0.6 is 0 Å². The molecule has 2 amide bonds. The molecule has 3 heterocycles. The molecule has 12 heteroatoms. The maximum absolute atomic E-state index is 13.5. The van der Waals surface area contributed by atoms with Crippen molar-refractivity contribution >= 4 is 32.9 Å². The number of carbonyl (C=O) groups is 2. The van der Waals surface area contributed by atoms with Gasteiger partial charge in [-0.05, 0) is 37.3 Å². The van der Waals surface area contributed by atoms with Crippen LogP contribution in [0.1, 0.15) is 37.9 Å². The Morgan fingerprint density at radius 2 is 1.67 bits per heavy atom. The van der Waals surface area contributed by atoms with Gasteiger partial charge in [0.15, 0.2) is 0 Å². The fraction of sp³-hybridized carbons (Fsp3) is 0.571. The average Bonchev–Trinajstić information content (AvgIpc) is 3.13. The number of amides is 2. The van der Waals surface area contributed by atoms with Crippen LogP contribution in [0.15, 0.2) is 24.3 Å². The van der Waals surface area contributed by atoms with E-state index in [0.29, 0.717) is 24.8 Å². The summed E-state index contributed by atoms with van der Waals surface area (Å²) in [5.74, 6) is -2.14. The van der Waals surface area contributed by atoms with E-state index in [1.54, 1.807) is 18.2 Å². The third-order valence-corrected chi connectivity index (χ3v) is 8.12. The van der Waals surface area contributed by atoms with Crippen LogP contribution in [0.2, 0.25) is 0 Å². The molecule has 2 aromatic rings. The number of fused-ring (bicyclic) bond motifs is 1. The molecule has 2 saturated heterocycles. The molecule has 0 spiro atoms. The number of carbonyl (C=O) groups excluding carboxylic acids is 2. The lowest BCUT2D eigenvalue weighted by atomic mass is 9.98. The number of piperidine rings is 2. The molecular weight excluding hydrogens is 461 g/mol. The van der Waals surface area contributed by atoms with E-state index < -0.39 is 22.0 Å². The largest absolute Gasteiger partial charge is 0.449 e. The van der Waals surface area contributed by atoms with Gasteiger partial charge in [0.1, 0.15) is 0 Å². The summed E-state index contributed by atoms with van der Waals surface area (Å²) < 4.78 is 68.5. The van der Waals surface area contributed by atoms with Crippen LogP contribution in [-0.4, -0.2) is 64.4 Å². The third kappa shape index (κ3) is 5.06. The maximum Gasteiger partial charge on any atom is 0.449 e. The van der Waals surface area contributed by atoms with Crippen molar-refractivity contribution in [2.24, 2.45) is 5.92 Å². The molecular formula is C21H25F3N4O4S. The quantitative estimate of drug-likeness (QED) is 0.586. The average molecular weight is 487 g/mol. The van der Waals surface area contributed by atoms with Crippen molar-refractivity contribution in [1.29, 1.82) is 0 Å². The summed E-state index contributed by atoms with van der Waals surface area (Å²) in [7, 11) is -3.69. The first-order valence-corrected chi connectivity index (χ1v) is 12.5.